The molecule has 510 valence electrons. The van der Waals surface area contributed by atoms with Gasteiger partial charge in [-0.2, -0.15) is 10.5 Å². The van der Waals surface area contributed by atoms with Gasteiger partial charge in [-0.3, -0.25) is 0 Å². The van der Waals surface area contributed by atoms with Gasteiger partial charge in [0.1, 0.15) is 5.58 Å². The molecule has 20 rings (SSSR count). The summed E-state index contributed by atoms with van der Waals surface area (Å²) in [6.45, 7) is 13.1. The minimum atomic E-state index is -0.572. The molecule has 18 aromatic rings. The fourth-order valence-corrected chi connectivity index (χ4v) is 17.2. The van der Waals surface area contributed by atoms with E-state index in [4.69, 9.17) is 5.79 Å². The van der Waals surface area contributed by atoms with Crippen LogP contribution in [0.2, 0.25) is 0 Å². The molecular weight excluding hydrogens is 1310 g/mol. The second-order valence-corrected chi connectivity index (χ2v) is 30.7. The molecule has 0 bridgehead atoms. The molecular formula is C100H71BN6O. The summed E-state index contributed by atoms with van der Waals surface area (Å²) in [5.41, 5.74) is 27.0. The Hall–Kier alpha value is -13.7. The Morgan fingerprint density at radius 3 is 1.31 bits per heavy atom. The number of aromatic nitrogens is 2. The maximum absolute atomic E-state index is 10.7. The van der Waals surface area contributed by atoms with Gasteiger partial charge in [-0.1, -0.05) is 248 Å². The Morgan fingerprint density at radius 2 is 0.787 bits per heavy atom. The lowest BCUT2D eigenvalue weighted by Gasteiger charge is -2.45. The van der Waals surface area contributed by atoms with Crippen molar-refractivity contribution >= 4 is 123 Å². The van der Waals surface area contributed by atoms with Gasteiger partial charge < -0.3 is 23.4 Å². The number of nitrogens with zero attached hydrogens (tertiary/aromatic N) is 6. The lowest BCUT2D eigenvalue weighted by Crippen LogP contribution is -2.61. The second kappa shape index (κ2) is 24.5. The maximum Gasteiger partial charge on any atom is 0.252 e. The van der Waals surface area contributed by atoms with Crippen LogP contribution in [0.15, 0.2) is 326 Å². The third-order valence-corrected chi connectivity index (χ3v) is 22.4. The number of hydrogen-bond acceptors (Lipinski definition) is 5. The van der Waals surface area contributed by atoms with E-state index in [1.165, 1.54) is 11.1 Å². The van der Waals surface area contributed by atoms with Gasteiger partial charge in [0.25, 0.3) is 6.71 Å². The van der Waals surface area contributed by atoms with Crippen molar-refractivity contribution in [2.24, 2.45) is 0 Å². The molecule has 0 amide bonds. The summed E-state index contributed by atoms with van der Waals surface area (Å²) in [5.74, 6) is 0. The van der Waals surface area contributed by atoms with E-state index in [1.54, 1.807) is 0 Å². The van der Waals surface area contributed by atoms with E-state index in [-0.39, 0.29) is 40.6 Å². The van der Waals surface area contributed by atoms with Crippen molar-refractivity contribution in [2.45, 2.75) is 52.4 Å². The highest BCUT2D eigenvalue weighted by Gasteiger charge is 2.47. The fourth-order valence-electron chi connectivity index (χ4n) is 17.2. The summed E-state index contributed by atoms with van der Waals surface area (Å²) >= 11 is 0. The molecule has 0 N–H and O–H groups in total. The summed E-state index contributed by atoms with van der Waals surface area (Å²) < 4.78 is 49.8. The summed E-state index contributed by atoms with van der Waals surface area (Å²) in [4.78, 5) is 4.91. The van der Waals surface area contributed by atoms with Gasteiger partial charge in [-0.15, -0.1) is 0 Å². The molecule has 0 saturated heterocycles. The van der Waals surface area contributed by atoms with Gasteiger partial charge in [-0.05, 0) is 193 Å². The first-order valence-corrected chi connectivity index (χ1v) is 36.9. The standard InChI is InChI=1S/C100H71BN6O/c1-99(2,3)71-39-48-89-82(55-71)83-56-72(100(4,5)6)40-49-90(83)104(89)73-41-43-84-91(57-73)107(96-78(67-30-18-10-19-31-67)53-70(65-26-14-8-15-27-65)54-79(96)68-32-20-11-21-33-68)93-59-74(105-87-45-36-62(60-102)50-80(87)81-51-63(61-103)37-46-88(81)105)58-92-95(93)101(84)85-44-42-76-75-34-22-23-35-94(75)108-98(76)97(85)106(92)86-47-38-69(64-24-12-7-13-25-64)52-77(86)66-28-16-9-17-29-66/h7-59H,1-6H3/i22D,23D,34D,35D. The molecule has 0 atom stereocenters. The minimum absolute atomic E-state index is 0.0622. The Labute approximate surface area is 633 Å². The van der Waals surface area contributed by atoms with Crippen LogP contribution in [0.5, 0.6) is 0 Å². The highest BCUT2D eigenvalue weighted by atomic mass is 16.3. The number of furan rings is 1. The largest absolute Gasteiger partial charge is 0.454 e. The van der Waals surface area contributed by atoms with E-state index in [0.29, 0.717) is 33.2 Å². The maximum atomic E-state index is 10.7. The first-order valence-electron chi connectivity index (χ1n) is 38.9. The van der Waals surface area contributed by atoms with E-state index in [0.717, 1.165) is 155 Å². The third kappa shape index (κ3) is 10.1. The van der Waals surface area contributed by atoms with Gasteiger partial charge in [0.15, 0.2) is 5.58 Å². The van der Waals surface area contributed by atoms with E-state index < -0.39 is 6.71 Å². The first-order chi connectivity index (χ1) is 54.4. The van der Waals surface area contributed by atoms with Crippen molar-refractivity contribution in [1.29, 1.82) is 10.5 Å². The third-order valence-electron chi connectivity index (χ3n) is 22.4. The molecule has 5 heterocycles. The van der Waals surface area contributed by atoms with Crippen LogP contribution in [-0.2, 0) is 10.8 Å². The van der Waals surface area contributed by atoms with Gasteiger partial charge in [0.05, 0.1) is 73.6 Å². The molecule has 8 heteroatoms. The summed E-state index contributed by atoms with van der Waals surface area (Å²) in [5, 5.41) is 26.2. The highest BCUT2D eigenvalue weighted by Crippen LogP contribution is 2.55. The minimum Gasteiger partial charge on any atom is -0.454 e. The van der Waals surface area contributed by atoms with Crippen molar-refractivity contribution in [3.63, 3.8) is 0 Å². The van der Waals surface area contributed by atoms with E-state index in [1.807, 2.05) is 54.6 Å². The zero-order chi connectivity index (χ0) is 76.3. The molecule has 0 radical (unpaired) electrons. The average Bonchev–Trinajstić information content (AvgIpc) is 0.913. The van der Waals surface area contributed by atoms with Crippen molar-refractivity contribution in [1.82, 2.24) is 9.13 Å². The molecule has 15 aromatic carbocycles. The zero-order valence-corrected chi connectivity index (χ0v) is 60.5. The Kier molecular flexibility index (Phi) is 13.5. The molecule has 108 heavy (non-hydrogen) atoms. The Balaban J connectivity index is 1.01. The Morgan fingerprint density at radius 1 is 0.343 bits per heavy atom. The number of anilines is 6. The molecule has 0 spiro atoms. The van der Waals surface area contributed by atoms with Crippen molar-refractivity contribution < 1.29 is 9.90 Å². The monoisotopic (exact) mass is 1390 g/mol. The summed E-state index contributed by atoms with van der Waals surface area (Å²) in [6, 6.07) is 110. The molecule has 0 unspecified atom stereocenters. The van der Waals surface area contributed by atoms with Crippen molar-refractivity contribution in [3.05, 3.63) is 344 Å². The van der Waals surface area contributed by atoms with Gasteiger partial charge in [-0.25, -0.2) is 0 Å². The highest BCUT2D eigenvalue weighted by molar-refractivity contribution is 7.00. The zero-order valence-electron chi connectivity index (χ0n) is 64.5. The molecule has 2 aliphatic rings. The van der Waals surface area contributed by atoms with Crippen LogP contribution in [0.4, 0.5) is 34.1 Å². The van der Waals surface area contributed by atoms with Crippen LogP contribution in [0.1, 0.15) is 69.3 Å². The van der Waals surface area contributed by atoms with Crippen LogP contribution in [0.25, 0.3) is 133 Å². The van der Waals surface area contributed by atoms with Crippen LogP contribution in [0, 0.1) is 22.7 Å². The number of fused-ring (bicyclic) bond motifs is 14. The summed E-state index contributed by atoms with van der Waals surface area (Å²) in [7, 11) is 0. The quantitative estimate of drug-likeness (QED) is 0.135. The lowest BCUT2D eigenvalue weighted by molar-refractivity contribution is 0.590. The van der Waals surface area contributed by atoms with Gasteiger partial charge >= 0.3 is 0 Å². The van der Waals surface area contributed by atoms with Crippen molar-refractivity contribution in [3.8, 4) is 79.1 Å². The Bertz CT molecular complexity index is 6900. The molecule has 0 saturated carbocycles. The first kappa shape index (κ1) is 59.7. The molecule has 7 nitrogen and oxygen atoms in total. The van der Waals surface area contributed by atoms with Crippen molar-refractivity contribution in [2.75, 3.05) is 9.80 Å². The van der Waals surface area contributed by atoms with Gasteiger partial charge in [0, 0.05) is 71.8 Å². The SMILES string of the molecule is [2H]c1c([2H])c([2H])c2c(oc3c4c(ccc32)B2c3ccc(-n5c6ccc(C(C)(C)C)cc6c6cc(C(C)(C)C)ccc65)cc3N(c3c(-c5ccccc5)cc(-c5ccccc5)cc3-c3ccccc3)c3cc(-n5c6ccc(C#N)cc6c6cc(C#N)ccc65)cc(c32)N4c2ccc(-c3ccccc3)cc2-c2ccccc2)c1[2H]. The normalized spacial score (nSPS) is 13.2. The number of benzene rings is 15. The van der Waals surface area contributed by atoms with Crippen LogP contribution < -0.4 is 26.2 Å². The number of nitriles is 2. The second-order valence-electron chi connectivity index (χ2n) is 30.7. The van der Waals surface area contributed by atoms with Crippen LogP contribution in [-0.4, -0.2) is 15.8 Å². The number of para-hydroxylation sites is 1. The lowest BCUT2D eigenvalue weighted by atomic mass is 9.33. The number of rotatable bonds is 9. The van der Waals surface area contributed by atoms with Crippen LogP contribution >= 0.6 is 0 Å². The predicted octanol–water partition coefficient (Wildman–Crippen LogP) is 24.5. The predicted molar refractivity (Wildman–Crippen MR) is 450 cm³/mol. The number of hydrogen-bond donors (Lipinski definition) is 0. The fraction of sp³-hybridized carbons (Fsp3) is 0.0800. The van der Waals surface area contributed by atoms with Crippen LogP contribution in [0.3, 0.4) is 0 Å². The van der Waals surface area contributed by atoms with E-state index in [2.05, 4.69) is 315 Å². The van der Waals surface area contributed by atoms with E-state index >= 15 is 0 Å². The topological polar surface area (TPSA) is 77.1 Å². The molecule has 0 fully saturated rings. The molecule has 2 aliphatic heterocycles. The molecule has 0 aliphatic carbocycles. The average molecular weight is 1390 g/mol. The molecule has 3 aromatic heterocycles. The summed E-state index contributed by atoms with van der Waals surface area (Å²) in [6.07, 6.45) is 0. The van der Waals surface area contributed by atoms with E-state index in [9.17, 15) is 14.6 Å². The smallest absolute Gasteiger partial charge is 0.252 e. The van der Waals surface area contributed by atoms with Gasteiger partial charge in [0.2, 0.25) is 0 Å².